The van der Waals surface area contributed by atoms with Crippen molar-refractivity contribution in [3.05, 3.63) is 111 Å². The van der Waals surface area contributed by atoms with Crippen LogP contribution in [0.1, 0.15) is 68.0 Å². The Morgan fingerprint density at radius 2 is 1.97 bits per heavy atom. The molecule has 2 atom stereocenters. The topological polar surface area (TPSA) is 88.8 Å². The Kier molecular flexibility index (Phi) is 8.27. The predicted molar refractivity (Wildman–Crippen MR) is 161 cm³/mol. The zero-order chi connectivity index (χ0) is 26.7. The van der Waals surface area contributed by atoms with Gasteiger partial charge >= 0.3 is 0 Å². The summed E-state index contributed by atoms with van der Waals surface area (Å²) >= 11 is 7.80. The van der Waals surface area contributed by atoms with Crippen LogP contribution < -0.4 is 11.5 Å². The van der Waals surface area contributed by atoms with Crippen molar-refractivity contribution >= 4 is 39.8 Å². The average Bonchev–Trinajstić information content (AvgIpc) is 3.09. The van der Waals surface area contributed by atoms with Gasteiger partial charge in [-0.2, -0.15) is 0 Å². The summed E-state index contributed by atoms with van der Waals surface area (Å²) in [6.45, 7) is 12.5. The highest BCUT2D eigenvalue weighted by atomic mass is 35.5. The van der Waals surface area contributed by atoms with Crippen LogP contribution in [-0.4, -0.2) is 10.0 Å². The molecular formula is C31H35ClN4S. The number of anilines is 1. The maximum Gasteiger partial charge on any atom is 0.134 e. The molecule has 0 spiro atoms. The first-order valence-corrected chi connectivity index (χ1v) is 13.8. The van der Waals surface area contributed by atoms with E-state index in [0.29, 0.717) is 16.4 Å². The Bertz CT molecular complexity index is 1350. The number of thioether (sulfide) groups is 1. The van der Waals surface area contributed by atoms with E-state index in [4.69, 9.17) is 28.5 Å². The molecule has 4 nitrogen and oxygen atoms in total. The van der Waals surface area contributed by atoms with Crippen LogP contribution in [0.15, 0.2) is 88.9 Å². The molecule has 0 bridgehead atoms. The van der Waals surface area contributed by atoms with Crippen molar-refractivity contribution in [3.63, 3.8) is 0 Å². The van der Waals surface area contributed by atoms with Crippen molar-refractivity contribution in [3.8, 4) is 0 Å². The Morgan fingerprint density at radius 3 is 2.68 bits per heavy atom. The van der Waals surface area contributed by atoms with Crippen LogP contribution in [-0.2, 0) is 6.42 Å². The van der Waals surface area contributed by atoms with Gasteiger partial charge in [0.25, 0.3) is 0 Å². The number of pyridine rings is 1. The first-order chi connectivity index (χ1) is 17.6. The van der Waals surface area contributed by atoms with E-state index in [-0.39, 0.29) is 16.5 Å². The highest BCUT2D eigenvalue weighted by molar-refractivity contribution is 8.17. The van der Waals surface area contributed by atoms with Crippen LogP contribution in [0.3, 0.4) is 0 Å². The van der Waals surface area contributed by atoms with Gasteiger partial charge in [0.15, 0.2) is 0 Å². The molecule has 1 aromatic carbocycles. The molecule has 4 rings (SSSR count). The second-order valence-corrected chi connectivity index (χ2v) is 11.5. The molecular weight excluding hydrogens is 496 g/mol. The molecule has 0 radical (unpaired) electrons. The third kappa shape index (κ3) is 5.69. The quantitative estimate of drug-likeness (QED) is 0.237. The number of aromatic nitrogens is 1. The van der Waals surface area contributed by atoms with Crippen molar-refractivity contribution in [1.82, 2.24) is 4.98 Å². The number of fused-ring (bicyclic) bond motifs is 1. The fourth-order valence-corrected chi connectivity index (χ4v) is 6.53. The number of nitrogens with one attached hydrogen (secondary N) is 1. The van der Waals surface area contributed by atoms with Crippen molar-refractivity contribution in [2.75, 3.05) is 5.73 Å². The molecule has 0 fully saturated rings. The summed E-state index contributed by atoms with van der Waals surface area (Å²) in [6.07, 6.45) is 10.6. The molecule has 6 heteroatoms. The molecule has 0 amide bonds. The normalized spacial score (nSPS) is 21.0. The number of halogens is 1. The van der Waals surface area contributed by atoms with E-state index < -0.39 is 0 Å². The monoisotopic (exact) mass is 530 g/mol. The Balaban J connectivity index is 1.46. The van der Waals surface area contributed by atoms with E-state index in [1.807, 2.05) is 37.3 Å². The van der Waals surface area contributed by atoms with E-state index in [1.54, 1.807) is 0 Å². The minimum absolute atomic E-state index is 0.0305. The van der Waals surface area contributed by atoms with Gasteiger partial charge < -0.3 is 11.5 Å². The first kappa shape index (κ1) is 27.2. The fraction of sp³-hybridized carbons (Fsp3) is 0.290. The van der Waals surface area contributed by atoms with E-state index in [0.717, 1.165) is 59.4 Å². The second-order valence-electron chi connectivity index (χ2n) is 10.0. The maximum absolute atomic E-state index is 8.65. The van der Waals surface area contributed by atoms with Crippen molar-refractivity contribution in [2.45, 2.75) is 52.0 Å². The molecule has 2 aliphatic carbocycles. The first-order valence-electron chi connectivity index (χ1n) is 12.7. The minimum Gasteiger partial charge on any atom is -0.383 e. The van der Waals surface area contributed by atoms with Crippen molar-refractivity contribution in [2.24, 2.45) is 11.1 Å². The van der Waals surface area contributed by atoms with Crippen LogP contribution in [0.5, 0.6) is 0 Å². The van der Waals surface area contributed by atoms with E-state index in [2.05, 4.69) is 49.3 Å². The molecule has 5 N–H and O–H groups in total. The number of hydrogen-bond acceptors (Lipinski definition) is 5. The number of allylic oxidation sites excluding steroid dienone is 7. The fourth-order valence-electron chi connectivity index (χ4n) is 5.40. The van der Waals surface area contributed by atoms with Gasteiger partial charge in [0.2, 0.25) is 0 Å². The lowest BCUT2D eigenvalue weighted by molar-refractivity contribution is 0.206. The highest BCUT2D eigenvalue weighted by Gasteiger charge is 2.42. The molecule has 2 unspecified atom stereocenters. The molecule has 0 saturated heterocycles. The van der Waals surface area contributed by atoms with Gasteiger partial charge in [0, 0.05) is 16.5 Å². The van der Waals surface area contributed by atoms with Gasteiger partial charge in [0.1, 0.15) is 10.9 Å². The molecule has 2 aromatic rings. The van der Waals surface area contributed by atoms with Crippen LogP contribution in [0.2, 0.25) is 0 Å². The standard InChI is InChI=1S/C31H35ClN4S/c1-5-15-31(18-22-8-6-7-9-23(22)28(31)33)16-14-20(3)25-12-11-24(29(34)36-25)30(35)37-26-13-10-19(2)17-21(4)27(26)32/h6-13,17,28,35H,2-3,5,14-16,18,33H2,1,4H3,(H2,34,36). The van der Waals surface area contributed by atoms with Gasteiger partial charge in [-0.1, -0.05) is 86.3 Å². The Labute approximate surface area is 229 Å². The molecule has 1 aromatic heterocycles. The summed E-state index contributed by atoms with van der Waals surface area (Å²) in [5, 5.41) is 9.55. The van der Waals surface area contributed by atoms with E-state index in [1.165, 1.54) is 22.9 Å². The van der Waals surface area contributed by atoms with Crippen molar-refractivity contribution < 1.29 is 0 Å². The summed E-state index contributed by atoms with van der Waals surface area (Å²) in [5.74, 6) is 0.315. The summed E-state index contributed by atoms with van der Waals surface area (Å²) in [5.41, 5.74) is 19.9. The number of benzene rings is 1. The van der Waals surface area contributed by atoms with Crippen LogP contribution in [0.4, 0.5) is 5.82 Å². The summed E-state index contributed by atoms with van der Waals surface area (Å²) in [7, 11) is 0. The average molecular weight is 531 g/mol. The molecule has 37 heavy (non-hydrogen) atoms. The number of nitrogens with zero attached hydrogens (tertiary/aromatic N) is 1. The summed E-state index contributed by atoms with van der Waals surface area (Å²) in [6, 6.07) is 12.3. The largest absolute Gasteiger partial charge is 0.383 e. The Morgan fingerprint density at radius 1 is 1.22 bits per heavy atom. The van der Waals surface area contributed by atoms with Crippen LogP contribution in [0, 0.1) is 10.8 Å². The lowest BCUT2D eigenvalue weighted by Crippen LogP contribution is -2.31. The van der Waals surface area contributed by atoms with E-state index in [9.17, 15) is 0 Å². The summed E-state index contributed by atoms with van der Waals surface area (Å²) < 4.78 is 0. The second kappa shape index (κ2) is 11.3. The zero-order valence-electron chi connectivity index (χ0n) is 21.6. The Hall–Kier alpha value is -2.86. The van der Waals surface area contributed by atoms with Gasteiger partial charge in [-0.25, -0.2) is 4.98 Å². The molecule has 0 aliphatic heterocycles. The number of hydrogen-bond donors (Lipinski definition) is 3. The summed E-state index contributed by atoms with van der Waals surface area (Å²) in [4.78, 5) is 5.40. The molecule has 1 heterocycles. The van der Waals surface area contributed by atoms with Gasteiger partial charge in [-0.05, 0) is 84.1 Å². The lowest BCUT2D eigenvalue weighted by atomic mass is 9.73. The minimum atomic E-state index is 0.0305. The molecule has 192 valence electrons. The number of nitrogens with two attached hydrogens (primary N) is 2. The zero-order valence-corrected chi connectivity index (χ0v) is 23.2. The highest BCUT2D eigenvalue weighted by Crippen LogP contribution is 2.51. The third-order valence-electron chi connectivity index (χ3n) is 7.42. The van der Waals surface area contributed by atoms with Gasteiger partial charge in [-0.3, -0.25) is 5.41 Å². The van der Waals surface area contributed by atoms with Gasteiger partial charge in [-0.15, -0.1) is 0 Å². The third-order valence-corrected chi connectivity index (χ3v) is 9.02. The lowest BCUT2D eigenvalue weighted by Gasteiger charge is -2.34. The predicted octanol–water partition coefficient (Wildman–Crippen LogP) is 8.08. The van der Waals surface area contributed by atoms with Crippen LogP contribution in [0.25, 0.3) is 5.57 Å². The SMILES string of the molecule is C=C1C=CC(SC(=N)c2ccc(C(=C)CCC3(CCC)Cc4ccccc4C3N)nc2N)=C(Cl)C(C)=C1. The number of rotatable bonds is 8. The molecule has 2 aliphatic rings. The van der Waals surface area contributed by atoms with Crippen LogP contribution >= 0.6 is 23.4 Å². The van der Waals surface area contributed by atoms with Gasteiger partial charge in [0.05, 0.1) is 10.7 Å². The van der Waals surface area contributed by atoms with E-state index >= 15 is 0 Å². The number of nitrogen functional groups attached to an aromatic ring is 1. The smallest absolute Gasteiger partial charge is 0.134 e. The molecule has 0 saturated carbocycles. The van der Waals surface area contributed by atoms with Crippen molar-refractivity contribution in [1.29, 1.82) is 5.41 Å². The maximum atomic E-state index is 8.65.